The van der Waals surface area contributed by atoms with Crippen LogP contribution in [-0.2, 0) is 14.3 Å². The van der Waals surface area contributed by atoms with Gasteiger partial charge < -0.3 is 9.47 Å². The molecule has 0 aromatic heterocycles. The molecular formula is C7H10O3. The number of ether oxygens (including phenoxy) is 2. The van der Waals surface area contributed by atoms with Crippen LogP contribution in [0.1, 0.15) is 6.92 Å². The normalized spacial score (nSPS) is 46.1. The summed E-state index contributed by atoms with van der Waals surface area (Å²) in [6, 6.07) is 0. The number of hydrogen-bond donors (Lipinski definition) is 0. The lowest BCUT2D eigenvalue weighted by atomic mass is 10.0. The van der Waals surface area contributed by atoms with Crippen LogP contribution < -0.4 is 0 Å². The molecule has 56 valence electrons. The van der Waals surface area contributed by atoms with Crippen molar-refractivity contribution in [1.29, 1.82) is 0 Å². The van der Waals surface area contributed by atoms with Crippen molar-refractivity contribution in [2.75, 3.05) is 13.2 Å². The fraction of sp³-hybridized carbons (Fsp3) is 0.857. The first-order valence-corrected chi connectivity index (χ1v) is 3.55. The maximum absolute atomic E-state index is 11.0. The molecular weight excluding hydrogens is 132 g/mol. The maximum atomic E-state index is 11.0. The van der Waals surface area contributed by atoms with E-state index < -0.39 is 0 Å². The van der Waals surface area contributed by atoms with E-state index in [1.54, 1.807) is 0 Å². The van der Waals surface area contributed by atoms with Gasteiger partial charge in [-0.2, -0.15) is 0 Å². The first kappa shape index (κ1) is 6.31. The molecule has 0 saturated carbocycles. The lowest BCUT2D eigenvalue weighted by molar-refractivity contribution is -0.125. The Balaban J connectivity index is 2.16. The van der Waals surface area contributed by atoms with Crippen molar-refractivity contribution in [2.45, 2.75) is 19.1 Å². The molecule has 0 spiro atoms. The molecule has 2 rings (SSSR count). The Hall–Kier alpha value is -0.410. The van der Waals surface area contributed by atoms with E-state index in [0.717, 1.165) is 0 Å². The fourth-order valence-corrected chi connectivity index (χ4v) is 1.53. The summed E-state index contributed by atoms with van der Waals surface area (Å²) in [5.41, 5.74) is 0. The highest BCUT2D eigenvalue weighted by atomic mass is 16.6. The number of fused-ring (bicyclic) bond motifs is 1. The molecule has 0 unspecified atom stereocenters. The highest BCUT2D eigenvalue weighted by Gasteiger charge is 2.44. The van der Waals surface area contributed by atoms with Crippen LogP contribution in [0.4, 0.5) is 0 Å². The van der Waals surface area contributed by atoms with E-state index in [4.69, 9.17) is 9.47 Å². The standard InChI is InChI=1S/C7H10O3/c1-4-2-9-7-5(8)3-10-6(4)7/h4,6-7H,2-3H2,1H3/t4-,6-,7-/m1/s1. The van der Waals surface area contributed by atoms with Gasteiger partial charge in [0.2, 0.25) is 0 Å². The third kappa shape index (κ3) is 0.707. The predicted octanol–water partition coefficient (Wildman–Crippen LogP) is -0.0108. The van der Waals surface area contributed by atoms with Crippen LogP contribution in [0.25, 0.3) is 0 Å². The molecule has 10 heavy (non-hydrogen) atoms. The topological polar surface area (TPSA) is 35.5 Å². The molecule has 0 aliphatic carbocycles. The maximum Gasteiger partial charge on any atom is 0.189 e. The van der Waals surface area contributed by atoms with Crippen molar-refractivity contribution in [2.24, 2.45) is 5.92 Å². The van der Waals surface area contributed by atoms with E-state index >= 15 is 0 Å². The summed E-state index contributed by atoms with van der Waals surface area (Å²) in [5, 5.41) is 0. The molecule has 2 aliphatic heterocycles. The van der Waals surface area contributed by atoms with Crippen molar-refractivity contribution in [1.82, 2.24) is 0 Å². The quantitative estimate of drug-likeness (QED) is 0.477. The van der Waals surface area contributed by atoms with Crippen molar-refractivity contribution in [3.8, 4) is 0 Å². The van der Waals surface area contributed by atoms with Gasteiger partial charge in [0.1, 0.15) is 12.7 Å². The molecule has 2 aliphatic rings. The Bertz CT molecular complexity index is 166. The van der Waals surface area contributed by atoms with Gasteiger partial charge in [-0.1, -0.05) is 6.92 Å². The van der Waals surface area contributed by atoms with Gasteiger partial charge in [0.25, 0.3) is 0 Å². The Labute approximate surface area is 59.3 Å². The molecule has 0 aromatic rings. The van der Waals surface area contributed by atoms with Crippen molar-refractivity contribution < 1.29 is 14.3 Å². The fourth-order valence-electron chi connectivity index (χ4n) is 1.53. The molecule has 2 fully saturated rings. The molecule has 3 nitrogen and oxygen atoms in total. The Kier molecular flexibility index (Phi) is 1.28. The Morgan fingerprint density at radius 3 is 3.00 bits per heavy atom. The van der Waals surface area contributed by atoms with Gasteiger partial charge in [-0.15, -0.1) is 0 Å². The van der Waals surface area contributed by atoms with E-state index in [1.165, 1.54) is 0 Å². The van der Waals surface area contributed by atoms with Gasteiger partial charge in [-0.3, -0.25) is 4.79 Å². The zero-order chi connectivity index (χ0) is 7.14. The highest BCUT2D eigenvalue weighted by Crippen LogP contribution is 2.27. The summed E-state index contributed by atoms with van der Waals surface area (Å²) < 4.78 is 10.5. The highest BCUT2D eigenvalue weighted by molar-refractivity contribution is 5.87. The van der Waals surface area contributed by atoms with Gasteiger partial charge in [0.05, 0.1) is 12.7 Å². The molecule has 3 heteroatoms. The average Bonchev–Trinajstić information content (AvgIpc) is 2.41. The second kappa shape index (κ2) is 2.04. The number of ketones is 1. The van der Waals surface area contributed by atoms with Crippen LogP contribution >= 0.6 is 0 Å². The minimum Gasteiger partial charge on any atom is -0.367 e. The van der Waals surface area contributed by atoms with Crippen molar-refractivity contribution in [3.05, 3.63) is 0 Å². The molecule has 3 atom stereocenters. The van der Waals surface area contributed by atoms with E-state index in [9.17, 15) is 4.79 Å². The van der Waals surface area contributed by atoms with Crippen LogP contribution in [0.2, 0.25) is 0 Å². The van der Waals surface area contributed by atoms with E-state index in [-0.39, 0.29) is 24.6 Å². The summed E-state index contributed by atoms with van der Waals surface area (Å²) in [4.78, 5) is 11.0. The minimum atomic E-state index is -0.241. The van der Waals surface area contributed by atoms with Crippen LogP contribution in [0.3, 0.4) is 0 Å². The largest absolute Gasteiger partial charge is 0.367 e. The lowest BCUT2D eigenvalue weighted by Crippen LogP contribution is -2.24. The second-order valence-electron chi connectivity index (χ2n) is 2.97. The molecule has 0 bridgehead atoms. The SMILES string of the molecule is C[C@@H]1CO[C@@H]2C(=O)CO[C@H]12. The van der Waals surface area contributed by atoms with Gasteiger partial charge in [0.15, 0.2) is 5.78 Å². The van der Waals surface area contributed by atoms with Gasteiger partial charge in [-0.25, -0.2) is 0 Å². The third-order valence-electron chi connectivity index (χ3n) is 2.13. The summed E-state index contributed by atoms with van der Waals surface area (Å²) in [6.07, 6.45) is -0.192. The number of Topliss-reactive ketones (excluding diaryl/α,β-unsaturated/α-hetero) is 1. The van der Waals surface area contributed by atoms with Gasteiger partial charge in [-0.05, 0) is 0 Å². The minimum absolute atomic E-state index is 0.0486. The molecule has 0 radical (unpaired) electrons. The number of hydrogen-bond acceptors (Lipinski definition) is 3. The molecule has 0 N–H and O–H groups in total. The number of rotatable bonds is 0. The first-order valence-electron chi connectivity index (χ1n) is 3.55. The smallest absolute Gasteiger partial charge is 0.189 e. The zero-order valence-corrected chi connectivity index (χ0v) is 5.87. The van der Waals surface area contributed by atoms with Crippen LogP contribution in [0.15, 0.2) is 0 Å². The van der Waals surface area contributed by atoms with Gasteiger partial charge >= 0.3 is 0 Å². The van der Waals surface area contributed by atoms with Crippen molar-refractivity contribution >= 4 is 5.78 Å². The molecule has 0 amide bonds. The third-order valence-corrected chi connectivity index (χ3v) is 2.13. The van der Waals surface area contributed by atoms with Crippen LogP contribution in [0, 0.1) is 5.92 Å². The van der Waals surface area contributed by atoms with Gasteiger partial charge in [0, 0.05) is 5.92 Å². The molecule has 0 aromatic carbocycles. The number of carbonyl (C=O) groups excluding carboxylic acids is 1. The zero-order valence-electron chi connectivity index (χ0n) is 5.87. The predicted molar refractivity (Wildman–Crippen MR) is 33.7 cm³/mol. The molecule has 2 heterocycles. The van der Waals surface area contributed by atoms with E-state index in [0.29, 0.717) is 12.5 Å². The summed E-state index contributed by atoms with van der Waals surface area (Å²) >= 11 is 0. The number of carbonyl (C=O) groups is 1. The monoisotopic (exact) mass is 142 g/mol. The summed E-state index contributed by atoms with van der Waals surface area (Å²) in [6.45, 7) is 2.96. The van der Waals surface area contributed by atoms with Crippen LogP contribution in [0.5, 0.6) is 0 Å². The van der Waals surface area contributed by atoms with E-state index in [2.05, 4.69) is 0 Å². The Morgan fingerprint density at radius 1 is 1.50 bits per heavy atom. The van der Waals surface area contributed by atoms with E-state index in [1.807, 2.05) is 6.92 Å². The Morgan fingerprint density at radius 2 is 2.30 bits per heavy atom. The summed E-state index contributed by atoms with van der Waals surface area (Å²) in [5.74, 6) is 0.491. The first-order chi connectivity index (χ1) is 4.79. The lowest BCUT2D eigenvalue weighted by Gasteiger charge is -2.07. The second-order valence-corrected chi connectivity index (χ2v) is 2.97. The summed E-state index contributed by atoms with van der Waals surface area (Å²) in [7, 11) is 0. The van der Waals surface area contributed by atoms with Crippen molar-refractivity contribution in [3.63, 3.8) is 0 Å². The molecule has 2 saturated heterocycles. The average molecular weight is 142 g/mol. The van der Waals surface area contributed by atoms with Crippen LogP contribution in [-0.4, -0.2) is 31.2 Å².